The Kier molecular flexibility index (Phi) is 8.21. The number of anilines is 2. The van der Waals surface area contributed by atoms with E-state index in [1.807, 2.05) is 39.0 Å². The summed E-state index contributed by atoms with van der Waals surface area (Å²) in [7, 11) is 0. The van der Waals surface area contributed by atoms with Crippen molar-refractivity contribution in [2.75, 3.05) is 23.8 Å². The molecule has 0 aliphatic heterocycles. The maximum absolute atomic E-state index is 12.0. The zero-order chi connectivity index (χ0) is 21.2. The largest absolute Gasteiger partial charge is 0.492 e. The van der Waals surface area contributed by atoms with Gasteiger partial charge in [-0.3, -0.25) is 14.4 Å². The van der Waals surface area contributed by atoms with Crippen molar-refractivity contribution in [3.05, 3.63) is 53.6 Å². The number of nitrogens with one attached hydrogen (secondary N) is 2. The number of carbonyl (C=O) groups excluding carboxylic acids is 3. The Balaban J connectivity index is 1.73. The van der Waals surface area contributed by atoms with Crippen LogP contribution in [-0.2, 0) is 19.1 Å². The van der Waals surface area contributed by atoms with E-state index in [1.165, 1.54) is 0 Å². The summed E-state index contributed by atoms with van der Waals surface area (Å²) >= 11 is 0. The van der Waals surface area contributed by atoms with E-state index in [4.69, 9.17) is 9.47 Å². The molecule has 0 aromatic heterocycles. The molecule has 0 bridgehead atoms. The molecule has 7 heteroatoms. The maximum atomic E-state index is 12.0. The van der Waals surface area contributed by atoms with Gasteiger partial charge in [0.2, 0.25) is 5.91 Å². The molecule has 2 amide bonds. The molecule has 0 heterocycles. The molecule has 0 radical (unpaired) electrons. The summed E-state index contributed by atoms with van der Waals surface area (Å²) in [6.07, 6.45) is -0.139. The number of rotatable bonds is 9. The minimum Gasteiger partial charge on any atom is -0.492 e. The molecule has 0 aliphatic carbocycles. The van der Waals surface area contributed by atoms with E-state index in [2.05, 4.69) is 10.6 Å². The average Bonchev–Trinajstić information content (AvgIpc) is 2.69. The lowest BCUT2D eigenvalue weighted by molar-refractivity contribution is -0.147. The molecule has 0 unspecified atom stereocenters. The normalized spacial score (nSPS) is 10.2. The molecular formula is C22H26N2O5. The Bertz CT molecular complexity index is 879. The maximum Gasteiger partial charge on any atom is 0.306 e. The third-order valence-corrected chi connectivity index (χ3v) is 4.17. The predicted molar refractivity (Wildman–Crippen MR) is 111 cm³/mol. The highest BCUT2D eigenvalue weighted by molar-refractivity contribution is 5.95. The summed E-state index contributed by atoms with van der Waals surface area (Å²) in [4.78, 5) is 35.8. The number of benzene rings is 2. The van der Waals surface area contributed by atoms with Gasteiger partial charge in [-0.25, -0.2) is 0 Å². The van der Waals surface area contributed by atoms with Gasteiger partial charge in [-0.15, -0.1) is 0 Å². The van der Waals surface area contributed by atoms with Gasteiger partial charge in [0.05, 0.1) is 18.7 Å². The standard InChI is InChI=1S/C22H26N2O5/c1-4-28-19-8-6-5-7-18(19)24-21(26)14-29-22(27)12-11-20(25)23-17-10-9-15(2)16(3)13-17/h5-10,13H,4,11-12,14H2,1-3H3,(H,23,25)(H,24,26). The van der Waals surface area contributed by atoms with Gasteiger partial charge in [-0.2, -0.15) is 0 Å². The second-order valence-corrected chi connectivity index (χ2v) is 6.49. The molecule has 154 valence electrons. The number of ether oxygens (including phenoxy) is 2. The summed E-state index contributed by atoms with van der Waals surface area (Å²) in [5, 5.41) is 5.38. The van der Waals surface area contributed by atoms with Crippen LogP contribution >= 0.6 is 0 Å². The molecule has 0 spiro atoms. The molecule has 0 atom stereocenters. The van der Waals surface area contributed by atoms with Crippen LogP contribution in [0.15, 0.2) is 42.5 Å². The van der Waals surface area contributed by atoms with Gasteiger partial charge in [0, 0.05) is 12.1 Å². The van der Waals surface area contributed by atoms with Gasteiger partial charge in [0.15, 0.2) is 6.61 Å². The highest BCUT2D eigenvalue weighted by Crippen LogP contribution is 2.23. The number of carbonyl (C=O) groups is 3. The van der Waals surface area contributed by atoms with E-state index < -0.39 is 18.5 Å². The number of aryl methyl sites for hydroxylation is 2. The monoisotopic (exact) mass is 398 g/mol. The van der Waals surface area contributed by atoms with Crippen molar-refractivity contribution >= 4 is 29.2 Å². The molecule has 0 fully saturated rings. The van der Waals surface area contributed by atoms with Crippen LogP contribution in [0.4, 0.5) is 11.4 Å². The second kappa shape index (κ2) is 10.8. The molecule has 0 aliphatic rings. The number of amides is 2. The topological polar surface area (TPSA) is 93.7 Å². The molecule has 7 nitrogen and oxygen atoms in total. The quantitative estimate of drug-likeness (QED) is 0.630. The number of esters is 1. The van der Waals surface area contributed by atoms with Crippen LogP contribution in [0.25, 0.3) is 0 Å². The van der Waals surface area contributed by atoms with Gasteiger partial charge >= 0.3 is 5.97 Å². The average molecular weight is 398 g/mol. The lowest BCUT2D eigenvalue weighted by atomic mass is 10.1. The third-order valence-electron chi connectivity index (χ3n) is 4.17. The van der Waals surface area contributed by atoms with E-state index in [0.717, 1.165) is 11.1 Å². The highest BCUT2D eigenvalue weighted by atomic mass is 16.5. The van der Waals surface area contributed by atoms with Gasteiger partial charge in [0.1, 0.15) is 5.75 Å². The van der Waals surface area contributed by atoms with Crippen LogP contribution in [0.3, 0.4) is 0 Å². The SMILES string of the molecule is CCOc1ccccc1NC(=O)COC(=O)CCC(=O)Nc1ccc(C)c(C)c1. The second-order valence-electron chi connectivity index (χ2n) is 6.49. The van der Waals surface area contributed by atoms with Crippen LogP contribution in [0.1, 0.15) is 30.9 Å². The first kappa shape index (κ1) is 21.9. The molecule has 0 saturated carbocycles. The minimum absolute atomic E-state index is 0.0272. The Hall–Kier alpha value is -3.35. The summed E-state index contributed by atoms with van der Waals surface area (Å²) in [5.74, 6) is -0.850. The molecule has 2 rings (SSSR count). The van der Waals surface area contributed by atoms with Crippen molar-refractivity contribution in [2.24, 2.45) is 0 Å². The van der Waals surface area contributed by atoms with Crippen LogP contribution in [-0.4, -0.2) is 31.0 Å². The van der Waals surface area contributed by atoms with Gasteiger partial charge < -0.3 is 20.1 Å². The lowest BCUT2D eigenvalue weighted by Crippen LogP contribution is -2.22. The number of hydrogen-bond donors (Lipinski definition) is 2. The molecule has 2 aromatic rings. The van der Waals surface area contributed by atoms with Crippen LogP contribution in [0.2, 0.25) is 0 Å². The van der Waals surface area contributed by atoms with Crippen LogP contribution in [0.5, 0.6) is 5.75 Å². The fraction of sp³-hybridized carbons (Fsp3) is 0.318. The van der Waals surface area contributed by atoms with Crippen molar-refractivity contribution in [1.29, 1.82) is 0 Å². The van der Waals surface area contributed by atoms with E-state index >= 15 is 0 Å². The van der Waals surface area contributed by atoms with Gasteiger partial charge in [0.25, 0.3) is 5.91 Å². The zero-order valence-electron chi connectivity index (χ0n) is 16.9. The minimum atomic E-state index is -0.617. The Morgan fingerprint density at radius 2 is 1.66 bits per heavy atom. The smallest absolute Gasteiger partial charge is 0.306 e. The fourth-order valence-electron chi connectivity index (χ4n) is 2.51. The molecule has 2 aromatic carbocycles. The van der Waals surface area contributed by atoms with Crippen molar-refractivity contribution < 1.29 is 23.9 Å². The first-order valence-electron chi connectivity index (χ1n) is 9.43. The Morgan fingerprint density at radius 3 is 2.38 bits per heavy atom. The van der Waals surface area contributed by atoms with E-state index in [1.54, 1.807) is 24.3 Å². The first-order chi connectivity index (χ1) is 13.9. The van der Waals surface area contributed by atoms with E-state index in [-0.39, 0.29) is 18.7 Å². The summed E-state index contributed by atoms with van der Waals surface area (Å²) < 4.78 is 10.4. The summed E-state index contributed by atoms with van der Waals surface area (Å²) in [6, 6.07) is 12.6. The molecule has 29 heavy (non-hydrogen) atoms. The molecule has 0 saturated heterocycles. The highest BCUT2D eigenvalue weighted by Gasteiger charge is 2.12. The molecule has 2 N–H and O–H groups in total. The van der Waals surface area contributed by atoms with Crippen LogP contribution < -0.4 is 15.4 Å². The van der Waals surface area contributed by atoms with Crippen molar-refractivity contribution in [2.45, 2.75) is 33.6 Å². The lowest BCUT2D eigenvalue weighted by Gasteiger charge is -2.11. The summed E-state index contributed by atoms with van der Waals surface area (Å²) in [6.45, 7) is 5.82. The van der Waals surface area contributed by atoms with Crippen molar-refractivity contribution in [3.63, 3.8) is 0 Å². The number of para-hydroxylation sites is 2. The van der Waals surface area contributed by atoms with Gasteiger partial charge in [-0.05, 0) is 56.2 Å². The predicted octanol–water partition coefficient (Wildman–Crippen LogP) is 3.60. The Morgan fingerprint density at radius 1 is 0.897 bits per heavy atom. The van der Waals surface area contributed by atoms with Crippen LogP contribution in [0, 0.1) is 13.8 Å². The molecular weight excluding hydrogens is 372 g/mol. The Labute approximate surface area is 170 Å². The van der Waals surface area contributed by atoms with E-state index in [9.17, 15) is 14.4 Å². The zero-order valence-corrected chi connectivity index (χ0v) is 16.9. The van der Waals surface area contributed by atoms with E-state index in [0.29, 0.717) is 23.7 Å². The fourth-order valence-corrected chi connectivity index (χ4v) is 2.51. The van der Waals surface area contributed by atoms with Gasteiger partial charge in [-0.1, -0.05) is 18.2 Å². The van der Waals surface area contributed by atoms with Crippen molar-refractivity contribution in [1.82, 2.24) is 0 Å². The third kappa shape index (κ3) is 7.29. The number of hydrogen-bond acceptors (Lipinski definition) is 5. The van der Waals surface area contributed by atoms with Crippen molar-refractivity contribution in [3.8, 4) is 5.75 Å². The summed E-state index contributed by atoms with van der Waals surface area (Å²) in [5.41, 5.74) is 3.38. The first-order valence-corrected chi connectivity index (χ1v) is 9.43.